The molecule has 0 heterocycles. The molecular formula is C14H17NO3. The SMILES string of the molecule is CNCC(O)C(O)c1ccc2cc(O)ccc2c1. The van der Waals surface area contributed by atoms with Crippen LogP contribution in [-0.2, 0) is 0 Å². The summed E-state index contributed by atoms with van der Waals surface area (Å²) >= 11 is 0. The molecule has 2 unspecified atom stereocenters. The summed E-state index contributed by atoms with van der Waals surface area (Å²) in [5, 5.41) is 33.7. The van der Waals surface area contributed by atoms with Crippen molar-refractivity contribution < 1.29 is 15.3 Å². The van der Waals surface area contributed by atoms with Gasteiger partial charge in [0.05, 0.1) is 6.10 Å². The van der Waals surface area contributed by atoms with Crippen molar-refractivity contribution in [2.24, 2.45) is 0 Å². The minimum absolute atomic E-state index is 0.214. The van der Waals surface area contributed by atoms with Gasteiger partial charge in [0.2, 0.25) is 0 Å². The molecule has 0 radical (unpaired) electrons. The van der Waals surface area contributed by atoms with Crippen LogP contribution in [-0.4, -0.2) is 35.0 Å². The van der Waals surface area contributed by atoms with Crippen LogP contribution in [0.3, 0.4) is 0 Å². The molecule has 0 spiro atoms. The van der Waals surface area contributed by atoms with Crippen molar-refractivity contribution in [3.8, 4) is 5.75 Å². The highest BCUT2D eigenvalue weighted by atomic mass is 16.3. The third kappa shape index (κ3) is 2.61. The number of aliphatic hydroxyl groups excluding tert-OH is 2. The minimum Gasteiger partial charge on any atom is -0.508 e. The number of rotatable bonds is 4. The van der Waals surface area contributed by atoms with E-state index < -0.39 is 12.2 Å². The summed E-state index contributed by atoms with van der Waals surface area (Å²) in [5.74, 6) is 0.214. The quantitative estimate of drug-likeness (QED) is 0.654. The molecule has 18 heavy (non-hydrogen) atoms. The van der Waals surface area contributed by atoms with Crippen LogP contribution in [0.25, 0.3) is 10.8 Å². The topological polar surface area (TPSA) is 72.7 Å². The van der Waals surface area contributed by atoms with Gasteiger partial charge < -0.3 is 20.6 Å². The Labute approximate surface area is 106 Å². The standard InChI is InChI=1S/C14H17NO3/c1-15-8-13(17)14(18)11-3-2-10-7-12(16)5-4-9(10)6-11/h2-7,13-18H,8H2,1H3. The number of fused-ring (bicyclic) bond motifs is 1. The number of aliphatic hydroxyl groups is 2. The van der Waals surface area contributed by atoms with E-state index in [1.165, 1.54) is 0 Å². The number of phenolic OH excluding ortho intramolecular Hbond substituents is 1. The molecule has 0 aliphatic heterocycles. The molecular weight excluding hydrogens is 230 g/mol. The first-order chi connectivity index (χ1) is 8.61. The third-order valence-electron chi connectivity index (χ3n) is 2.97. The van der Waals surface area contributed by atoms with Crippen molar-refractivity contribution in [1.29, 1.82) is 0 Å². The number of phenols is 1. The van der Waals surface area contributed by atoms with Gasteiger partial charge in [0.15, 0.2) is 0 Å². The molecule has 0 bridgehead atoms. The average Bonchev–Trinajstić information content (AvgIpc) is 2.37. The highest BCUT2D eigenvalue weighted by molar-refractivity contribution is 5.84. The predicted octanol–water partition coefficient (Wildman–Crippen LogP) is 1.16. The molecule has 0 aliphatic rings. The molecule has 0 saturated heterocycles. The summed E-state index contributed by atoms with van der Waals surface area (Å²) in [6.45, 7) is 0.328. The Morgan fingerprint density at radius 1 is 1.06 bits per heavy atom. The molecule has 4 heteroatoms. The van der Waals surface area contributed by atoms with Gasteiger partial charge >= 0.3 is 0 Å². The molecule has 4 N–H and O–H groups in total. The summed E-state index contributed by atoms with van der Waals surface area (Å²) in [6.07, 6.45) is -1.76. The maximum Gasteiger partial charge on any atom is 0.116 e. The van der Waals surface area contributed by atoms with Crippen LogP contribution in [0.2, 0.25) is 0 Å². The van der Waals surface area contributed by atoms with Crippen molar-refractivity contribution >= 4 is 10.8 Å². The van der Waals surface area contributed by atoms with Crippen LogP contribution in [0.15, 0.2) is 36.4 Å². The summed E-state index contributed by atoms with van der Waals surface area (Å²) < 4.78 is 0. The fourth-order valence-corrected chi connectivity index (χ4v) is 1.98. The molecule has 0 amide bonds. The van der Waals surface area contributed by atoms with Crippen LogP contribution in [0.1, 0.15) is 11.7 Å². The molecule has 0 aromatic heterocycles. The van der Waals surface area contributed by atoms with E-state index in [9.17, 15) is 15.3 Å². The summed E-state index contributed by atoms with van der Waals surface area (Å²) in [5.41, 5.74) is 0.663. The van der Waals surface area contributed by atoms with Crippen LogP contribution < -0.4 is 5.32 Å². The number of hydrogen-bond donors (Lipinski definition) is 4. The van der Waals surface area contributed by atoms with E-state index in [4.69, 9.17) is 0 Å². The number of nitrogens with one attached hydrogen (secondary N) is 1. The monoisotopic (exact) mass is 247 g/mol. The van der Waals surface area contributed by atoms with Crippen molar-refractivity contribution in [2.45, 2.75) is 12.2 Å². The van der Waals surface area contributed by atoms with Gasteiger partial charge in [-0.25, -0.2) is 0 Å². The van der Waals surface area contributed by atoms with E-state index >= 15 is 0 Å². The zero-order valence-corrected chi connectivity index (χ0v) is 10.2. The number of aromatic hydroxyl groups is 1. The number of likely N-dealkylation sites (N-methyl/N-ethyl adjacent to an activating group) is 1. The first-order valence-corrected chi connectivity index (χ1v) is 5.85. The Balaban J connectivity index is 2.32. The van der Waals surface area contributed by atoms with Gasteiger partial charge in [-0.1, -0.05) is 18.2 Å². The highest BCUT2D eigenvalue weighted by Crippen LogP contribution is 2.25. The molecule has 2 atom stereocenters. The Bertz CT molecular complexity index is 542. The largest absolute Gasteiger partial charge is 0.508 e. The molecule has 4 nitrogen and oxygen atoms in total. The third-order valence-corrected chi connectivity index (χ3v) is 2.97. The van der Waals surface area contributed by atoms with E-state index in [1.54, 1.807) is 31.3 Å². The summed E-state index contributed by atoms with van der Waals surface area (Å²) in [7, 11) is 1.72. The van der Waals surface area contributed by atoms with Gasteiger partial charge in [0.1, 0.15) is 11.9 Å². The van der Waals surface area contributed by atoms with E-state index in [2.05, 4.69) is 5.32 Å². The van der Waals surface area contributed by atoms with Crippen molar-refractivity contribution in [3.05, 3.63) is 42.0 Å². The molecule has 0 aliphatic carbocycles. The number of benzene rings is 2. The number of hydrogen-bond acceptors (Lipinski definition) is 4. The maximum absolute atomic E-state index is 9.99. The fourth-order valence-electron chi connectivity index (χ4n) is 1.98. The van der Waals surface area contributed by atoms with Crippen molar-refractivity contribution in [2.75, 3.05) is 13.6 Å². The Hall–Kier alpha value is -1.62. The van der Waals surface area contributed by atoms with Crippen LogP contribution in [0, 0.1) is 0 Å². The molecule has 0 fully saturated rings. The maximum atomic E-state index is 9.99. The van der Waals surface area contributed by atoms with Crippen molar-refractivity contribution in [1.82, 2.24) is 5.32 Å². The Morgan fingerprint density at radius 3 is 2.44 bits per heavy atom. The second-order valence-corrected chi connectivity index (χ2v) is 4.36. The first-order valence-electron chi connectivity index (χ1n) is 5.85. The lowest BCUT2D eigenvalue weighted by atomic mass is 10.00. The molecule has 2 aromatic carbocycles. The molecule has 2 aromatic rings. The summed E-state index contributed by atoms with van der Waals surface area (Å²) in [6, 6.07) is 10.4. The molecule has 96 valence electrons. The summed E-state index contributed by atoms with van der Waals surface area (Å²) in [4.78, 5) is 0. The van der Waals surface area contributed by atoms with E-state index in [0.29, 0.717) is 12.1 Å². The van der Waals surface area contributed by atoms with E-state index in [0.717, 1.165) is 10.8 Å². The van der Waals surface area contributed by atoms with Gasteiger partial charge in [0.25, 0.3) is 0 Å². The van der Waals surface area contributed by atoms with Gasteiger partial charge in [-0.3, -0.25) is 0 Å². The second-order valence-electron chi connectivity index (χ2n) is 4.36. The smallest absolute Gasteiger partial charge is 0.116 e. The lowest BCUT2D eigenvalue weighted by Gasteiger charge is -2.18. The van der Waals surface area contributed by atoms with Gasteiger partial charge in [-0.15, -0.1) is 0 Å². The lowest BCUT2D eigenvalue weighted by Crippen LogP contribution is -2.29. The first kappa shape index (κ1) is 12.8. The van der Waals surface area contributed by atoms with Crippen LogP contribution in [0.5, 0.6) is 5.75 Å². The molecule has 0 saturated carbocycles. The van der Waals surface area contributed by atoms with E-state index in [-0.39, 0.29) is 5.75 Å². The zero-order valence-electron chi connectivity index (χ0n) is 10.2. The van der Waals surface area contributed by atoms with Gasteiger partial charge in [-0.05, 0) is 41.6 Å². The minimum atomic E-state index is -0.921. The normalized spacial score (nSPS) is 14.6. The zero-order chi connectivity index (χ0) is 13.1. The van der Waals surface area contributed by atoms with Gasteiger partial charge in [0, 0.05) is 6.54 Å². The average molecular weight is 247 g/mol. The second kappa shape index (κ2) is 5.35. The highest BCUT2D eigenvalue weighted by Gasteiger charge is 2.17. The van der Waals surface area contributed by atoms with Gasteiger partial charge in [-0.2, -0.15) is 0 Å². The van der Waals surface area contributed by atoms with Crippen LogP contribution in [0.4, 0.5) is 0 Å². The lowest BCUT2D eigenvalue weighted by molar-refractivity contribution is 0.0203. The van der Waals surface area contributed by atoms with Crippen LogP contribution >= 0.6 is 0 Å². The Kier molecular flexibility index (Phi) is 3.81. The van der Waals surface area contributed by atoms with E-state index in [1.807, 2.05) is 12.1 Å². The predicted molar refractivity (Wildman–Crippen MR) is 70.5 cm³/mol. The fraction of sp³-hybridized carbons (Fsp3) is 0.286. The van der Waals surface area contributed by atoms with Crippen molar-refractivity contribution in [3.63, 3.8) is 0 Å². The Morgan fingerprint density at radius 2 is 1.72 bits per heavy atom. The molecule has 2 rings (SSSR count).